The highest BCUT2D eigenvalue weighted by molar-refractivity contribution is 5.95. The molecule has 0 aliphatic heterocycles. The summed E-state index contributed by atoms with van der Waals surface area (Å²) >= 11 is 0. The first-order valence-electron chi connectivity index (χ1n) is 8.32. The summed E-state index contributed by atoms with van der Waals surface area (Å²) in [5.41, 5.74) is 1.61. The quantitative estimate of drug-likeness (QED) is 0.730. The van der Waals surface area contributed by atoms with Crippen molar-refractivity contribution in [3.63, 3.8) is 0 Å². The normalized spacial score (nSPS) is 10.1. The SMILES string of the molecule is CCOc1ccc(NC(=O)COC(=O)c2ccc(C)nc2)cc1OCC. The minimum atomic E-state index is -0.602. The molecular formula is C19H22N2O5. The number of anilines is 1. The molecule has 1 N–H and O–H groups in total. The maximum Gasteiger partial charge on any atom is 0.340 e. The third-order valence-corrected chi connectivity index (χ3v) is 3.31. The molecule has 0 saturated heterocycles. The van der Waals surface area contributed by atoms with Gasteiger partial charge >= 0.3 is 5.97 Å². The number of benzene rings is 1. The van der Waals surface area contributed by atoms with E-state index in [-0.39, 0.29) is 0 Å². The molecular weight excluding hydrogens is 336 g/mol. The number of hydrogen-bond donors (Lipinski definition) is 1. The number of pyridine rings is 1. The fourth-order valence-corrected chi connectivity index (χ4v) is 2.13. The largest absolute Gasteiger partial charge is 0.490 e. The molecule has 0 aliphatic rings. The summed E-state index contributed by atoms with van der Waals surface area (Å²) in [6.45, 7) is 6.14. The Kier molecular flexibility index (Phi) is 6.96. The van der Waals surface area contributed by atoms with Gasteiger partial charge in [0.05, 0.1) is 18.8 Å². The van der Waals surface area contributed by atoms with E-state index in [2.05, 4.69) is 10.3 Å². The fourth-order valence-electron chi connectivity index (χ4n) is 2.13. The van der Waals surface area contributed by atoms with Gasteiger partial charge in [0.2, 0.25) is 0 Å². The van der Waals surface area contributed by atoms with Gasteiger partial charge in [-0.15, -0.1) is 0 Å². The van der Waals surface area contributed by atoms with Crippen molar-refractivity contribution < 1.29 is 23.8 Å². The number of nitrogens with one attached hydrogen (secondary N) is 1. The van der Waals surface area contributed by atoms with Gasteiger partial charge in [-0.05, 0) is 45.0 Å². The summed E-state index contributed by atoms with van der Waals surface area (Å²) < 4.78 is 16.0. The molecule has 0 saturated carbocycles. The molecule has 0 bridgehead atoms. The van der Waals surface area contributed by atoms with Crippen LogP contribution < -0.4 is 14.8 Å². The lowest BCUT2D eigenvalue weighted by Crippen LogP contribution is -2.21. The Balaban J connectivity index is 1.93. The van der Waals surface area contributed by atoms with Crippen molar-refractivity contribution in [1.29, 1.82) is 0 Å². The van der Waals surface area contributed by atoms with Crippen LogP contribution in [0.4, 0.5) is 5.69 Å². The predicted octanol–water partition coefficient (Wildman–Crippen LogP) is 2.98. The Morgan fingerprint density at radius 2 is 1.77 bits per heavy atom. The monoisotopic (exact) mass is 358 g/mol. The summed E-state index contributed by atoms with van der Waals surface area (Å²) in [6, 6.07) is 8.37. The maximum atomic E-state index is 12.0. The average Bonchev–Trinajstić information content (AvgIpc) is 2.63. The van der Waals surface area contributed by atoms with E-state index in [1.807, 2.05) is 20.8 Å². The molecule has 138 valence electrons. The second-order valence-electron chi connectivity index (χ2n) is 5.34. The van der Waals surface area contributed by atoms with Crippen molar-refractivity contribution in [2.24, 2.45) is 0 Å². The van der Waals surface area contributed by atoms with Crippen LogP contribution in [0, 0.1) is 6.92 Å². The number of aromatic nitrogens is 1. The van der Waals surface area contributed by atoms with Crippen molar-refractivity contribution in [3.8, 4) is 11.5 Å². The molecule has 7 nitrogen and oxygen atoms in total. The zero-order valence-corrected chi connectivity index (χ0v) is 15.1. The number of esters is 1. The van der Waals surface area contributed by atoms with Gasteiger partial charge in [-0.1, -0.05) is 0 Å². The zero-order valence-electron chi connectivity index (χ0n) is 15.1. The van der Waals surface area contributed by atoms with Crippen molar-refractivity contribution in [3.05, 3.63) is 47.8 Å². The summed E-state index contributed by atoms with van der Waals surface area (Å²) in [7, 11) is 0. The smallest absolute Gasteiger partial charge is 0.340 e. The first kappa shape index (κ1) is 19.2. The van der Waals surface area contributed by atoms with Gasteiger partial charge in [0.15, 0.2) is 18.1 Å². The van der Waals surface area contributed by atoms with E-state index in [0.717, 1.165) is 5.69 Å². The molecule has 0 radical (unpaired) electrons. The number of rotatable bonds is 8. The number of nitrogens with zero attached hydrogens (tertiary/aromatic N) is 1. The number of hydrogen-bond acceptors (Lipinski definition) is 6. The number of carbonyl (C=O) groups is 2. The molecule has 7 heteroatoms. The standard InChI is InChI=1S/C19H22N2O5/c1-4-24-16-9-8-15(10-17(16)25-5-2)21-18(22)12-26-19(23)14-7-6-13(3)20-11-14/h6-11H,4-5,12H2,1-3H3,(H,21,22). The van der Waals surface area contributed by atoms with Gasteiger partial charge < -0.3 is 19.5 Å². The summed E-state index contributed by atoms with van der Waals surface area (Å²) in [5.74, 6) is 0.0832. The van der Waals surface area contributed by atoms with Crippen LogP contribution in [-0.4, -0.2) is 36.7 Å². The molecule has 1 heterocycles. The summed E-state index contributed by atoms with van der Waals surface area (Å²) in [6.07, 6.45) is 1.41. The lowest BCUT2D eigenvalue weighted by Gasteiger charge is -2.13. The molecule has 0 unspecified atom stereocenters. The molecule has 1 aromatic heterocycles. The molecule has 2 rings (SSSR count). The van der Waals surface area contributed by atoms with Crippen molar-refractivity contribution in [1.82, 2.24) is 4.98 Å². The van der Waals surface area contributed by atoms with Crippen LogP contribution in [0.2, 0.25) is 0 Å². The Bertz CT molecular complexity index is 759. The van der Waals surface area contributed by atoms with Crippen LogP contribution in [0.15, 0.2) is 36.5 Å². The van der Waals surface area contributed by atoms with E-state index >= 15 is 0 Å². The number of ether oxygens (including phenoxy) is 3. The lowest BCUT2D eigenvalue weighted by molar-refractivity contribution is -0.119. The third-order valence-electron chi connectivity index (χ3n) is 3.31. The van der Waals surface area contributed by atoms with E-state index in [0.29, 0.717) is 36.0 Å². The Morgan fingerprint density at radius 3 is 2.42 bits per heavy atom. The highest BCUT2D eigenvalue weighted by atomic mass is 16.5. The lowest BCUT2D eigenvalue weighted by atomic mass is 10.2. The molecule has 0 aliphatic carbocycles. The van der Waals surface area contributed by atoms with Crippen LogP contribution in [-0.2, 0) is 9.53 Å². The zero-order chi connectivity index (χ0) is 18.9. The fraction of sp³-hybridized carbons (Fsp3) is 0.316. The van der Waals surface area contributed by atoms with Crippen LogP contribution in [0.3, 0.4) is 0 Å². The second kappa shape index (κ2) is 9.41. The molecule has 26 heavy (non-hydrogen) atoms. The van der Waals surface area contributed by atoms with E-state index in [9.17, 15) is 9.59 Å². The van der Waals surface area contributed by atoms with Gasteiger partial charge in [0.25, 0.3) is 5.91 Å². The molecule has 0 fully saturated rings. The van der Waals surface area contributed by atoms with Gasteiger partial charge in [-0.3, -0.25) is 9.78 Å². The number of amides is 1. The van der Waals surface area contributed by atoms with E-state index in [1.54, 1.807) is 30.3 Å². The summed E-state index contributed by atoms with van der Waals surface area (Å²) in [5, 5.41) is 2.66. The minimum absolute atomic E-state index is 0.295. The maximum absolute atomic E-state index is 12.0. The average molecular weight is 358 g/mol. The highest BCUT2D eigenvalue weighted by Crippen LogP contribution is 2.30. The van der Waals surface area contributed by atoms with Gasteiger partial charge in [-0.2, -0.15) is 0 Å². The van der Waals surface area contributed by atoms with Crippen LogP contribution in [0.5, 0.6) is 11.5 Å². The summed E-state index contributed by atoms with van der Waals surface area (Å²) in [4.78, 5) is 27.9. The van der Waals surface area contributed by atoms with Crippen molar-refractivity contribution in [2.45, 2.75) is 20.8 Å². The van der Waals surface area contributed by atoms with Crippen LogP contribution in [0.1, 0.15) is 29.9 Å². The van der Waals surface area contributed by atoms with Crippen LogP contribution >= 0.6 is 0 Å². The van der Waals surface area contributed by atoms with Gasteiger partial charge in [0.1, 0.15) is 0 Å². The number of carbonyl (C=O) groups excluding carboxylic acids is 2. The third kappa shape index (κ3) is 5.47. The van der Waals surface area contributed by atoms with E-state index in [1.165, 1.54) is 6.20 Å². The van der Waals surface area contributed by atoms with Crippen molar-refractivity contribution >= 4 is 17.6 Å². The van der Waals surface area contributed by atoms with Crippen molar-refractivity contribution in [2.75, 3.05) is 25.1 Å². The Labute approximate surface area is 152 Å². The number of aryl methyl sites for hydroxylation is 1. The molecule has 2 aromatic rings. The molecule has 1 aromatic carbocycles. The van der Waals surface area contributed by atoms with E-state index < -0.39 is 18.5 Å². The van der Waals surface area contributed by atoms with E-state index in [4.69, 9.17) is 14.2 Å². The topological polar surface area (TPSA) is 86.8 Å². The van der Waals surface area contributed by atoms with Gasteiger partial charge in [0, 0.05) is 23.6 Å². The highest BCUT2D eigenvalue weighted by Gasteiger charge is 2.12. The first-order valence-corrected chi connectivity index (χ1v) is 8.32. The Hall–Kier alpha value is -3.09. The second-order valence-corrected chi connectivity index (χ2v) is 5.34. The Morgan fingerprint density at radius 1 is 1.04 bits per heavy atom. The first-order chi connectivity index (χ1) is 12.5. The molecule has 0 spiro atoms. The van der Waals surface area contributed by atoms with Crippen LogP contribution in [0.25, 0.3) is 0 Å². The minimum Gasteiger partial charge on any atom is -0.490 e. The van der Waals surface area contributed by atoms with Gasteiger partial charge in [-0.25, -0.2) is 4.79 Å². The predicted molar refractivity (Wildman–Crippen MR) is 96.7 cm³/mol. The molecule has 1 amide bonds. The molecule has 0 atom stereocenters.